The molecule has 1 aliphatic carbocycles. The van der Waals surface area contributed by atoms with Crippen molar-refractivity contribution in [1.29, 1.82) is 0 Å². The normalized spacial score (nSPS) is 19.5. The van der Waals surface area contributed by atoms with Crippen molar-refractivity contribution in [2.24, 2.45) is 5.92 Å². The maximum Gasteiger partial charge on any atom is 0.161 e. The van der Waals surface area contributed by atoms with E-state index in [0.29, 0.717) is 19.1 Å². The highest BCUT2D eigenvalue weighted by molar-refractivity contribution is 5.43. The summed E-state index contributed by atoms with van der Waals surface area (Å²) in [7, 11) is 2.04. The van der Waals surface area contributed by atoms with Crippen LogP contribution in [0.15, 0.2) is 18.2 Å². The number of hydrogen-bond donors (Lipinski definition) is 1. The highest BCUT2D eigenvalue weighted by atomic mass is 16.6. The summed E-state index contributed by atoms with van der Waals surface area (Å²) in [6.45, 7) is 2.80. The van der Waals surface area contributed by atoms with Crippen LogP contribution in [0.1, 0.15) is 18.4 Å². The van der Waals surface area contributed by atoms with Gasteiger partial charge in [-0.2, -0.15) is 0 Å². The van der Waals surface area contributed by atoms with Crippen LogP contribution in [0.3, 0.4) is 0 Å². The second-order valence-electron chi connectivity index (χ2n) is 5.58. The Morgan fingerprint density at radius 1 is 1.26 bits per heavy atom. The van der Waals surface area contributed by atoms with Gasteiger partial charge >= 0.3 is 0 Å². The van der Waals surface area contributed by atoms with E-state index in [-0.39, 0.29) is 6.10 Å². The molecule has 1 fully saturated rings. The molecule has 2 aliphatic rings. The summed E-state index contributed by atoms with van der Waals surface area (Å²) in [6.07, 6.45) is 2.18. The second-order valence-corrected chi connectivity index (χ2v) is 5.58. The summed E-state index contributed by atoms with van der Waals surface area (Å²) in [6, 6.07) is 6.07. The first-order valence-corrected chi connectivity index (χ1v) is 6.97. The molecular weight excluding hydrogens is 242 g/mol. The van der Waals surface area contributed by atoms with Crippen molar-refractivity contribution in [1.82, 2.24) is 4.90 Å². The minimum absolute atomic E-state index is 0.179. The van der Waals surface area contributed by atoms with E-state index >= 15 is 0 Å². The molecule has 1 saturated carbocycles. The first kappa shape index (κ1) is 12.8. The molecule has 1 N–H and O–H groups in total. The van der Waals surface area contributed by atoms with Crippen LogP contribution in [0.25, 0.3) is 0 Å². The first-order valence-electron chi connectivity index (χ1n) is 6.97. The lowest BCUT2D eigenvalue weighted by Crippen LogP contribution is -2.30. The van der Waals surface area contributed by atoms with Crippen molar-refractivity contribution in [2.45, 2.75) is 25.5 Å². The van der Waals surface area contributed by atoms with Gasteiger partial charge in [-0.25, -0.2) is 0 Å². The van der Waals surface area contributed by atoms with E-state index in [2.05, 4.69) is 11.0 Å². The van der Waals surface area contributed by atoms with Gasteiger partial charge < -0.3 is 14.6 Å². The number of likely N-dealkylation sites (N-methyl/N-ethyl adjacent to an activating group) is 1. The first-order chi connectivity index (χ1) is 9.22. The number of rotatable bonds is 5. The van der Waals surface area contributed by atoms with Crippen molar-refractivity contribution in [3.05, 3.63) is 23.8 Å². The molecule has 1 aliphatic heterocycles. The fraction of sp³-hybridized carbons (Fsp3) is 0.600. The molecule has 19 heavy (non-hydrogen) atoms. The largest absolute Gasteiger partial charge is 0.486 e. The minimum atomic E-state index is -0.179. The van der Waals surface area contributed by atoms with Gasteiger partial charge in [0.15, 0.2) is 11.5 Å². The van der Waals surface area contributed by atoms with Crippen molar-refractivity contribution >= 4 is 0 Å². The van der Waals surface area contributed by atoms with Crippen LogP contribution in [0.5, 0.6) is 11.5 Å². The highest BCUT2D eigenvalue weighted by Gasteiger charge is 2.30. The molecule has 0 amide bonds. The third-order valence-corrected chi connectivity index (χ3v) is 3.72. The van der Waals surface area contributed by atoms with Gasteiger partial charge in [0.25, 0.3) is 0 Å². The SMILES string of the molecule is CN(Cc1ccc2c(c1)OCCO2)CC(O)C1CC1. The van der Waals surface area contributed by atoms with Crippen LogP contribution >= 0.6 is 0 Å². The standard InChI is InChI=1S/C15H21NO3/c1-16(10-13(17)12-3-4-12)9-11-2-5-14-15(8-11)19-7-6-18-14/h2,5,8,12-13,17H,3-4,6-7,9-10H2,1H3. The number of ether oxygens (including phenoxy) is 2. The van der Waals surface area contributed by atoms with Crippen molar-refractivity contribution < 1.29 is 14.6 Å². The van der Waals surface area contributed by atoms with Crippen LogP contribution in [0, 0.1) is 5.92 Å². The lowest BCUT2D eigenvalue weighted by Gasteiger charge is -2.22. The maximum absolute atomic E-state index is 9.94. The van der Waals surface area contributed by atoms with E-state index in [4.69, 9.17) is 9.47 Å². The highest BCUT2D eigenvalue weighted by Crippen LogP contribution is 2.33. The fourth-order valence-corrected chi connectivity index (χ4v) is 2.51. The molecule has 4 nitrogen and oxygen atoms in total. The fourth-order valence-electron chi connectivity index (χ4n) is 2.51. The van der Waals surface area contributed by atoms with Crippen molar-refractivity contribution in [2.75, 3.05) is 26.8 Å². The summed E-state index contributed by atoms with van der Waals surface area (Å²) in [5.74, 6) is 2.19. The Bertz CT molecular complexity index is 445. The lowest BCUT2D eigenvalue weighted by molar-refractivity contribution is 0.104. The lowest BCUT2D eigenvalue weighted by atomic mass is 10.1. The van der Waals surface area contributed by atoms with Crippen LogP contribution in [0.2, 0.25) is 0 Å². The summed E-state index contributed by atoms with van der Waals surface area (Å²) in [4.78, 5) is 2.16. The molecule has 0 aromatic heterocycles. The van der Waals surface area contributed by atoms with Crippen LogP contribution < -0.4 is 9.47 Å². The predicted octanol–water partition coefficient (Wildman–Crippen LogP) is 1.66. The molecule has 104 valence electrons. The van der Waals surface area contributed by atoms with Gasteiger partial charge in [0, 0.05) is 13.1 Å². The molecule has 1 aromatic rings. The molecule has 3 rings (SSSR count). The van der Waals surface area contributed by atoms with Crippen molar-refractivity contribution in [3.8, 4) is 11.5 Å². The summed E-state index contributed by atoms with van der Waals surface area (Å²) < 4.78 is 11.1. The third kappa shape index (κ3) is 3.19. The zero-order chi connectivity index (χ0) is 13.2. The van der Waals surface area contributed by atoms with E-state index in [9.17, 15) is 5.11 Å². The number of benzene rings is 1. The van der Waals surface area contributed by atoms with Gasteiger partial charge in [0.1, 0.15) is 13.2 Å². The van der Waals surface area contributed by atoms with E-state index in [1.807, 2.05) is 19.2 Å². The molecule has 0 saturated heterocycles. The molecule has 0 bridgehead atoms. The Morgan fingerprint density at radius 3 is 2.74 bits per heavy atom. The van der Waals surface area contributed by atoms with Gasteiger partial charge in [0.05, 0.1) is 6.10 Å². The monoisotopic (exact) mass is 263 g/mol. The van der Waals surface area contributed by atoms with E-state index in [1.54, 1.807) is 0 Å². The van der Waals surface area contributed by atoms with E-state index < -0.39 is 0 Å². The Kier molecular flexibility index (Phi) is 3.62. The second kappa shape index (κ2) is 5.39. The van der Waals surface area contributed by atoms with Crippen LogP contribution in [0.4, 0.5) is 0 Å². The van der Waals surface area contributed by atoms with Gasteiger partial charge in [-0.15, -0.1) is 0 Å². The number of aliphatic hydroxyl groups excluding tert-OH is 1. The third-order valence-electron chi connectivity index (χ3n) is 3.72. The number of fused-ring (bicyclic) bond motifs is 1. The quantitative estimate of drug-likeness (QED) is 0.877. The molecule has 0 radical (unpaired) electrons. The van der Waals surface area contributed by atoms with Crippen molar-refractivity contribution in [3.63, 3.8) is 0 Å². The van der Waals surface area contributed by atoms with Gasteiger partial charge in [0.2, 0.25) is 0 Å². The maximum atomic E-state index is 9.94. The average Bonchev–Trinajstić information content (AvgIpc) is 3.22. The number of aliphatic hydroxyl groups is 1. The smallest absolute Gasteiger partial charge is 0.161 e. The molecule has 1 heterocycles. The number of hydrogen-bond acceptors (Lipinski definition) is 4. The topological polar surface area (TPSA) is 41.9 Å². The molecular formula is C15H21NO3. The molecule has 1 unspecified atom stereocenters. The zero-order valence-electron chi connectivity index (χ0n) is 11.3. The Labute approximate surface area is 113 Å². The average molecular weight is 263 g/mol. The molecule has 1 atom stereocenters. The predicted molar refractivity (Wildman–Crippen MR) is 72.5 cm³/mol. The van der Waals surface area contributed by atoms with Gasteiger partial charge in [-0.1, -0.05) is 6.07 Å². The minimum Gasteiger partial charge on any atom is -0.486 e. The summed E-state index contributed by atoms with van der Waals surface area (Å²) >= 11 is 0. The number of nitrogens with zero attached hydrogens (tertiary/aromatic N) is 1. The van der Waals surface area contributed by atoms with Gasteiger partial charge in [-0.05, 0) is 43.5 Å². The van der Waals surface area contributed by atoms with E-state index in [1.165, 1.54) is 18.4 Å². The molecule has 1 aromatic carbocycles. The van der Waals surface area contributed by atoms with Gasteiger partial charge in [-0.3, -0.25) is 4.90 Å². The van der Waals surface area contributed by atoms with Crippen LogP contribution in [-0.4, -0.2) is 42.9 Å². The summed E-state index contributed by atoms with van der Waals surface area (Å²) in [5.41, 5.74) is 1.19. The molecule has 4 heteroatoms. The Hall–Kier alpha value is -1.26. The zero-order valence-corrected chi connectivity index (χ0v) is 11.3. The molecule has 0 spiro atoms. The Balaban J connectivity index is 1.59. The summed E-state index contributed by atoms with van der Waals surface area (Å²) in [5, 5.41) is 9.94. The Morgan fingerprint density at radius 2 is 2.00 bits per heavy atom. The van der Waals surface area contributed by atoms with E-state index in [0.717, 1.165) is 24.6 Å². The van der Waals surface area contributed by atoms with Crippen LogP contribution in [-0.2, 0) is 6.54 Å².